The molecule has 2 atom stereocenters. The molecule has 0 spiro atoms. The number of fused-ring (bicyclic) bond motifs is 1. The minimum Gasteiger partial charge on any atom is -0.349 e. The van der Waals surface area contributed by atoms with Crippen LogP contribution in [0, 0.1) is 5.82 Å². The average molecular weight is 316 g/mol. The summed E-state index contributed by atoms with van der Waals surface area (Å²) in [7, 11) is 0. The Kier molecular flexibility index (Phi) is 4.48. The Morgan fingerprint density at radius 1 is 1.35 bits per heavy atom. The van der Waals surface area contributed by atoms with Crippen LogP contribution in [0.4, 0.5) is 4.39 Å². The van der Waals surface area contributed by atoms with Crippen molar-refractivity contribution in [2.75, 3.05) is 13.1 Å². The molecule has 0 saturated heterocycles. The molecule has 122 valence electrons. The lowest BCUT2D eigenvalue weighted by atomic mass is 10.00. The Morgan fingerprint density at radius 3 is 2.78 bits per heavy atom. The fourth-order valence-corrected chi connectivity index (χ4v) is 3.34. The minimum atomic E-state index is -0.237. The molecule has 2 aromatic rings. The van der Waals surface area contributed by atoms with Crippen LogP contribution < -0.4 is 10.2 Å². The number of nitrogens with zero attached hydrogens (tertiary/aromatic N) is 1. The second kappa shape index (κ2) is 6.54. The van der Waals surface area contributed by atoms with Gasteiger partial charge in [0.05, 0.1) is 18.8 Å². The summed E-state index contributed by atoms with van der Waals surface area (Å²) in [6, 6.07) is 10.9. The van der Waals surface area contributed by atoms with Gasteiger partial charge in [0.1, 0.15) is 5.82 Å². The van der Waals surface area contributed by atoms with E-state index in [1.165, 1.54) is 22.7 Å². The van der Waals surface area contributed by atoms with Crippen LogP contribution in [-0.4, -0.2) is 29.6 Å². The molecule has 4 nitrogen and oxygen atoms in total. The van der Waals surface area contributed by atoms with E-state index >= 15 is 0 Å². The summed E-state index contributed by atoms with van der Waals surface area (Å²) in [6.07, 6.45) is 2.07. The first-order valence-electron chi connectivity index (χ1n) is 8.09. The van der Waals surface area contributed by atoms with Crippen molar-refractivity contribution in [2.45, 2.75) is 32.5 Å². The average Bonchev–Trinajstić information content (AvgIpc) is 2.96. The van der Waals surface area contributed by atoms with Crippen LogP contribution in [0.5, 0.6) is 0 Å². The van der Waals surface area contributed by atoms with Gasteiger partial charge in [0, 0.05) is 17.8 Å². The zero-order valence-corrected chi connectivity index (χ0v) is 13.6. The van der Waals surface area contributed by atoms with Crippen LogP contribution >= 0.6 is 0 Å². The third kappa shape index (κ3) is 3.45. The predicted molar refractivity (Wildman–Crippen MR) is 86.7 cm³/mol. The highest BCUT2D eigenvalue weighted by atomic mass is 19.1. The Hall–Kier alpha value is -2.14. The molecule has 3 rings (SSSR count). The van der Waals surface area contributed by atoms with E-state index in [1.54, 1.807) is 0 Å². The zero-order chi connectivity index (χ0) is 16.4. The predicted octanol–water partition coefficient (Wildman–Crippen LogP) is 1.14. The molecule has 1 aromatic carbocycles. The molecule has 0 bridgehead atoms. The fraction of sp³-hybridized carbons (Fsp3) is 0.389. The summed E-state index contributed by atoms with van der Waals surface area (Å²) in [5.41, 5.74) is 2.22. The third-order valence-corrected chi connectivity index (χ3v) is 4.28. The number of carbonyl (C=O) groups excluding carboxylic acids is 1. The minimum absolute atomic E-state index is 0.0530. The molecule has 2 heterocycles. The molecule has 0 radical (unpaired) electrons. The van der Waals surface area contributed by atoms with Crippen LogP contribution in [0.25, 0.3) is 0 Å². The van der Waals surface area contributed by atoms with Gasteiger partial charge in [-0.15, -0.1) is 0 Å². The van der Waals surface area contributed by atoms with E-state index in [0.29, 0.717) is 6.54 Å². The lowest BCUT2D eigenvalue weighted by Gasteiger charge is -2.34. The first-order valence-corrected chi connectivity index (χ1v) is 8.09. The number of halogens is 1. The van der Waals surface area contributed by atoms with Crippen molar-refractivity contribution in [3.05, 3.63) is 59.7 Å². The number of aromatic nitrogens is 1. The summed E-state index contributed by atoms with van der Waals surface area (Å²) < 4.78 is 15.5. The van der Waals surface area contributed by atoms with E-state index in [2.05, 4.69) is 22.1 Å². The van der Waals surface area contributed by atoms with Gasteiger partial charge < -0.3 is 14.8 Å². The highest BCUT2D eigenvalue weighted by Gasteiger charge is 2.33. The van der Waals surface area contributed by atoms with Gasteiger partial charge in [0.25, 0.3) is 5.91 Å². The molecular formula is C18H23FN3O+. The molecule has 2 N–H and O–H groups in total. The van der Waals surface area contributed by atoms with Gasteiger partial charge in [-0.25, -0.2) is 4.39 Å². The lowest BCUT2D eigenvalue weighted by Crippen LogP contribution is -3.14. The van der Waals surface area contributed by atoms with E-state index in [1.807, 2.05) is 32.0 Å². The smallest absolute Gasteiger partial charge is 0.275 e. The zero-order valence-electron chi connectivity index (χ0n) is 13.6. The number of hydrogen-bond donors (Lipinski definition) is 2. The summed E-state index contributed by atoms with van der Waals surface area (Å²) in [5.74, 6) is -0.179. The van der Waals surface area contributed by atoms with Crippen LogP contribution in [0.2, 0.25) is 0 Å². The molecule has 5 heteroatoms. The Labute approximate surface area is 135 Å². The standard InChI is InChI=1S/C18H22FN3O/c1-13(2)20-17(23)12-22-11-10-21-9-3-4-16(21)18(22)14-5-7-15(19)8-6-14/h3-9,13,18H,10-12H2,1-2H3,(H,20,23)/p+1/t18-/m0/s1. The van der Waals surface area contributed by atoms with Crippen molar-refractivity contribution in [3.8, 4) is 0 Å². The number of amides is 1. The van der Waals surface area contributed by atoms with Crippen molar-refractivity contribution < 1.29 is 14.1 Å². The molecule has 1 unspecified atom stereocenters. The highest BCUT2D eigenvalue weighted by Crippen LogP contribution is 2.22. The van der Waals surface area contributed by atoms with Crippen LogP contribution in [0.1, 0.15) is 31.1 Å². The maximum atomic E-state index is 13.3. The maximum Gasteiger partial charge on any atom is 0.275 e. The van der Waals surface area contributed by atoms with E-state index in [9.17, 15) is 9.18 Å². The van der Waals surface area contributed by atoms with Crippen molar-refractivity contribution in [1.29, 1.82) is 0 Å². The van der Waals surface area contributed by atoms with Crippen molar-refractivity contribution in [1.82, 2.24) is 9.88 Å². The first-order chi connectivity index (χ1) is 11.0. The summed E-state index contributed by atoms with van der Waals surface area (Å²) >= 11 is 0. The molecule has 0 fully saturated rings. The number of hydrogen-bond acceptors (Lipinski definition) is 1. The summed E-state index contributed by atoms with van der Waals surface area (Å²) in [6.45, 7) is 6.11. The highest BCUT2D eigenvalue weighted by molar-refractivity contribution is 5.77. The van der Waals surface area contributed by atoms with E-state index in [-0.39, 0.29) is 23.8 Å². The fourth-order valence-electron chi connectivity index (χ4n) is 3.34. The molecule has 0 aliphatic carbocycles. The number of benzene rings is 1. The van der Waals surface area contributed by atoms with Gasteiger partial charge in [0.2, 0.25) is 0 Å². The second-order valence-corrected chi connectivity index (χ2v) is 6.42. The second-order valence-electron chi connectivity index (χ2n) is 6.42. The number of carbonyl (C=O) groups is 1. The van der Waals surface area contributed by atoms with Gasteiger partial charge in [-0.1, -0.05) is 0 Å². The molecule has 1 aliphatic heterocycles. The lowest BCUT2D eigenvalue weighted by molar-refractivity contribution is -0.922. The van der Waals surface area contributed by atoms with Gasteiger partial charge in [-0.05, 0) is 50.2 Å². The van der Waals surface area contributed by atoms with E-state index in [0.717, 1.165) is 18.7 Å². The van der Waals surface area contributed by atoms with Gasteiger partial charge >= 0.3 is 0 Å². The maximum absolute atomic E-state index is 13.3. The molecular weight excluding hydrogens is 293 g/mol. The van der Waals surface area contributed by atoms with Crippen molar-refractivity contribution in [2.24, 2.45) is 0 Å². The molecule has 1 aromatic heterocycles. The van der Waals surface area contributed by atoms with E-state index in [4.69, 9.17) is 0 Å². The van der Waals surface area contributed by atoms with Crippen LogP contribution in [-0.2, 0) is 11.3 Å². The Balaban J connectivity index is 1.89. The molecule has 23 heavy (non-hydrogen) atoms. The largest absolute Gasteiger partial charge is 0.349 e. The van der Waals surface area contributed by atoms with Gasteiger partial charge in [-0.2, -0.15) is 0 Å². The Morgan fingerprint density at radius 2 is 2.09 bits per heavy atom. The molecule has 0 saturated carbocycles. The van der Waals surface area contributed by atoms with Gasteiger partial charge in [0.15, 0.2) is 12.6 Å². The number of quaternary nitrogens is 1. The number of nitrogens with one attached hydrogen (secondary N) is 2. The van der Waals surface area contributed by atoms with E-state index < -0.39 is 0 Å². The van der Waals surface area contributed by atoms with Crippen molar-refractivity contribution in [3.63, 3.8) is 0 Å². The molecule has 1 aliphatic rings. The van der Waals surface area contributed by atoms with Crippen LogP contribution in [0.15, 0.2) is 42.6 Å². The number of rotatable bonds is 4. The monoisotopic (exact) mass is 316 g/mol. The SMILES string of the molecule is CC(C)NC(=O)C[NH+]1CCn2cccc2[C@@H]1c1ccc(F)cc1. The Bertz CT molecular complexity index is 678. The van der Waals surface area contributed by atoms with Gasteiger partial charge in [-0.3, -0.25) is 4.79 Å². The van der Waals surface area contributed by atoms with Crippen molar-refractivity contribution >= 4 is 5.91 Å². The summed E-state index contributed by atoms with van der Waals surface area (Å²) in [4.78, 5) is 13.4. The first kappa shape index (κ1) is 15.7. The molecule has 1 amide bonds. The van der Waals surface area contributed by atoms with Crippen LogP contribution in [0.3, 0.4) is 0 Å². The summed E-state index contributed by atoms with van der Waals surface area (Å²) in [5, 5.41) is 2.96. The third-order valence-electron chi connectivity index (χ3n) is 4.28. The topological polar surface area (TPSA) is 38.5 Å². The normalized spacial score (nSPS) is 20.3. The quantitative estimate of drug-likeness (QED) is 0.872.